The predicted octanol–water partition coefficient (Wildman–Crippen LogP) is 5.50. The van der Waals surface area contributed by atoms with Crippen molar-refractivity contribution in [1.82, 2.24) is 4.90 Å². The summed E-state index contributed by atoms with van der Waals surface area (Å²) in [6, 6.07) is 20.6. The van der Waals surface area contributed by atoms with E-state index in [1.54, 1.807) is 55.6 Å². The van der Waals surface area contributed by atoms with Crippen molar-refractivity contribution >= 4 is 17.4 Å². The lowest BCUT2D eigenvalue weighted by Crippen LogP contribution is -2.29. The molecule has 1 aliphatic heterocycles. The van der Waals surface area contributed by atoms with E-state index >= 15 is 0 Å². The number of nitrogens with zero attached hydrogens (tertiary/aromatic N) is 1. The number of Topliss-reactive ketones (excluding diaryl/α,β-unsaturated/α-hetero) is 1. The highest BCUT2D eigenvalue weighted by Gasteiger charge is 2.46. The zero-order valence-electron chi connectivity index (χ0n) is 21.4. The fourth-order valence-electron chi connectivity index (χ4n) is 4.35. The van der Waals surface area contributed by atoms with Crippen molar-refractivity contribution < 1.29 is 28.9 Å². The van der Waals surface area contributed by atoms with Crippen molar-refractivity contribution in [3.63, 3.8) is 0 Å². The van der Waals surface area contributed by atoms with Gasteiger partial charge in [-0.25, -0.2) is 0 Å². The van der Waals surface area contributed by atoms with Crippen LogP contribution in [-0.2, 0) is 16.1 Å². The number of benzene rings is 3. The predicted molar refractivity (Wildman–Crippen MR) is 141 cm³/mol. The molecular weight excluding hydrogens is 470 g/mol. The van der Waals surface area contributed by atoms with Gasteiger partial charge in [-0.1, -0.05) is 24.3 Å². The summed E-state index contributed by atoms with van der Waals surface area (Å²) in [5.74, 6) is 0.388. The maximum atomic E-state index is 13.3. The average molecular weight is 502 g/mol. The van der Waals surface area contributed by atoms with Crippen molar-refractivity contribution in [2.24, 2.45) is 0 Å². The number of methoxy groups -OCH3 is 1. The van der Waals surface area contributed by atoms with Crippen LogP contribution < -0.4 is 14.2 Å². The number of hydrogen-bond acceptors (Lipinski definition) is 6. The maximum absolute atomic E-state index is 13.3. The summed E-state index contributed by atoms with van der Waals surface area (Å²) < 4.78 is 16.5. The fraction of sp³-hybridized carbons (Fsp3) is 0.267. The normalized spacial score (nSPS) is 16.8. The van der Waals surface area contributed by atoms with Gasteiger partial charge in [0.1, 0.15) is 23.0 Å². The summed E-state index contributed by atoms with van der Waals surface area (Å²) >= 11 is 0. The minimum absolute atomic E-state index is 0.00226. The third-order valence-electron chi connectivity index (χ3n) is 6.06. The summed E-state index contributed by atoms with van der Waals surface area (Å²) in [7, 11) is 1.57. The van der Waals surface area contributed by atoms with Gasteiger partial charge >= 0.3 is 0 Å². The lowest BCUT2D eigenvalue weighted by atomic mass is 9.95. The smallest absolute Gasteiger partial charge is 0.295 e. The largest absolute Gasteiger partial charge is 0.507 e. The second kappa shape index (κ2) is 11.2. The number of carbonyl (C=O) groups is 2. The molecule has 1 N–H and O–H groups in total. The monoisotopic (exact) mass is 501 g/mol. The van der Waals surface area contributed by atoms with Gasteiger partial charge in [0, 0.05) is 12.1 Å². The molecule has 3 aromatic rings. The van der Waals surface area contributed by atoms with Gasteiger partial charge in [-0.05, 0) is 80.4 Å². The third-order valence-corrected chi connectivity index (χ3v) is 6.06. The Morgan fingerprint density at radius 3 is 2.05 bits per heavy atom. The molecule has 1 saturated heterocycles. The van der Waals surface area contributed by atoms with Gasteiger partial charge in [0.2, 0.25) is 0 Å². The van der Waals surface area contributed by atoms with Crippen LogP contribution in [0, 0.1) is 0 Å². The highest BCUT2D eigenvalue weighted by Crippen LogP contribution is 2.41. The molecule has 0 spiro atoms. The molecule has 0 radical (unpaired) electrons. The van der Waals surface area contributed by atoms with E-state index < -0.39 is 17.7 Å². The van der Waals surface area contributed by atoms with Gasteiger partial charge < -0.3 is 24.2 Å². The standard InChI is InChI=1S/C30H31NO6/c1-5-36-24-12-6-20(7-13-24)18-31-27(21-8-14-23(35-4)15-9-21)26(29(33)30(31)34)28(32)22-10-16-25(17-11-22)37-19(2)3/h6-17,19,27,32H,5,18H2,1-4H3/b28-26-. The van der Waals surface area contributed by atoms with E-state index in [2.05, 4.69) is 0 Å². The molecule has 4 rings (SSSR count). The maximum Gasteiger partial charge on any atom is 0.295 e. The van der Waals surface area contributed by atoms with Crippen LogP contribution in [0.4, 0.5) is 0 Å². The van der Waals surface area contributed by atoms with Crippen molar-refractivity contribution in [3.05, 3.63) is 95.1 Å². The Morgan fingerprint density at radius 1 is 0.892 bits per heavy atom. The summed E-state index contributed by atoms with van der Waals surface area (Å²) in [6.07, 6.45) is 0.00226. The van der Waals surface area contributed by atoms with Crippen LogP contribution in [0.2, 0.25) is 0 Å². The fourth-order valence-corrected chi connectivity index (χ4v) is 4.35. The van der Waals surface area contributed by atoms with Gasteiger partial charge in [-0.3, -0.25) is 9.59 Å². The van der Waals surface area contributed by atoms with Crippen LogP contribution in [-0.4, -0.2) is 41.5 Å². The molecular formula is C30H31NO6. The highest BCUT2D eigenvalue weighted by molar-refractivity contribution is 6.46. The number of aliphatic hydroxyl groups excluding tert-OH is 1. The minimum atomic E-state index is -0.774. The molecule has 1 unspecified atom stereocenters. The lowest BCUT2D eigenvalue weighted by molar-refractivity contribution is -0.140. The number of likely N-dealkylation sites (tertiary alicyclic amines) is 1. The lowest BCUT2D eigenvalue weighted by Gasteiger charge is -2.25. The van der Waals surface area contributed by atoms with Crippen molar-refractivity contribution in [2.75, 3.05) is 13.7 Å². The number of ether oxygens (including phenoxy) is 3. The average Bonchev–Trinajstić information content (AvgIpc) is 3.14. The van der Waals surface area contributed by atoms with Gasteiger partial charge in [-0.15, -0.1) is 0 Å². The Kier molecular flexibility index (Phi) is 7.82. The van der Waals surface area contributed by atoms with Gasteiger partial charge in [0.25, 0.3) is 11.7 Å². The summed E-state index contributed by atoms with van der Waals surface area (Å²) in [4.78, 5) is 28.1. The molecule has 3 aromatic carbocycles. The number of rotatable bonds is 9. The minimum Gasteiger partial charge on any atom is -0.507 e. The van der Waals surface area contributed by atoms with E-state index in [9.17, 15) is 14.7 Å². The number of hydrogen-bond donors (Lipinski definition) is 1. The van der Waals surface area contributed by atoms with Crippen molar-refractivity contribution in [3.8, 4) is 17.2 Å². The van der Waals surface area contributed by atoms with Gasteiger partial charge in [0.15, 0.2) is 0 Å². The summed E-state index contributed by atoms with van der Waals surface area (Å²) in [5, 5.41) is 11.3. The third kappa shape index (κ3) is 5.61. The highest BCUT2D eigenvalue weighted by atomic mass is 16.5. The Hall–Kier alpha value is -4.26. The number of carbonyl (C=O) groups excluding carboxylic acids is 2. The second-order valence-corrected chi connectivity index (χ2v) is 8.97. The topological polar surface area (TPSA) is 85.3 Å². The zero-order valence-corrected chi connectivity index (χ0v) is 21.4. The first-order valence-electron chi connectivity index (χ1n) is 12.2. The van der Waals surface area contributed by atoms with Gasteiger partial charge in [-0.2, -0.15) is 0 Å². The first-order valence-corrected chi connectivity index (χ1v) is 12.2. The van der Waals surface area contributed by atoms with E-state index in [-0.39, 0.29) is 24.0 Å². The zero-order chi connectivity index (χ0) is 26.5. The Bertz CT molecular complexity index is 1280. The van der Waals surface area contributed by atoms with Crippen LogP contribution in [0.5, 0.6) is 17.2 Å². The summed E-state index contributed by atoms with van der Waals surface area (Å²) in [5.41, 5.74) is 1.98. The molecule has 192 valence electrons. The molecule has 1 amide bonds. The van der Waals surface area contributed by atoms with Crippen molar-refractivity contribution in [1.29, 1.82) is 0 Å². The number of amides is 1. The molecule has 1 atom stereocenters. The van der Waals surface area contributed by atoms with Gasteiger partial charge in [0.05, 0.1) is 31.4 Å². The van der Waals surface area contributed by atoms with Crippen molar-refractivity contribution in [2.45, 2.75) is 39.5 Å². The Labute approximate surface area is 216 Å². The Balaban J connectivity index is 1.75. The first kappa shape index (κ1) is 25.8. The molecule has 0 bridgehead atoms. The quantitative estimate of drug-likeness (QED) is 0.237. The molecule has 0 saturated carbocycles. The van der Waals surface area contributed by atoms with E-state index in [4.69, 9.17) is 14.2 Å². The van der Waals surface area contributed by atoms with Crippen LogP contribution in [0.3, 0.4) is 0 Å². The summed E-state index contributed by atoms with van der Waals surface area (Å²) in [6.45, 7) is 6.50. The van der Waals surface area contributed by atoms with E-state index in [0.717, 1.165) is 11.3 Å². The van der Waals surface area contributed by atoms with Crippen LogP contribution >= 0.6 is 0 Å². The molecule has 0 aliphatic carbocycles. The molecule has 0 aromatic heterocycles. The number of ketones is 1. The van der Waals surface area contributed by atoms with E-state index in [1.807, 2.05) is 45.0 Å². The molecule has 1 heterocycles. The molecule has 7 heteroatoms. The van der Waals surface area contributed by atoms with Crippen LogP contribution in [0.1, 0.15) is 43.5 Å². The van der Waals surface area contributed by atoms with Crippen LogP contribution in [0.25, 0.3) is 5.76 Å². The van der Waals surface area contributed by atoms with E-state index in [1.165, 1.54) is 4.90 Å². The SMILES string of the molecule is CCOc1ccc(CN2C(=O)C(=O)/C(=C(\O)c3ccc(OC(C)C)cc3)C2c2ccc(OC)cc2)cc1. The first-order chi connectivity index (χ1) is 17.8. The molecule has 37 heavy (non-hydrogen) atoms. The second-order valence-electron chi connectivity index (χ2n) is 8.97. The Morgan fingerprint density at radius 2 is 1.49 bits per heavy atom. The van der Waals surface area contributed by atoms with E-state index in [0.29, 0.717) is 29.2 Å². The molecule has 1 fully saturated rings. The molecule has 7 nitrogen and oxygen atoms in total. The number of aliphatic hydroxyl groups is 1. The van der Waals surface area contributed by atoms with Crippen LogP contribution in [0.15, 0.2) is 78.4 Å². The molecule has 1 aliphatic rings.